The summed E-state index contributed by atoms with van der Waals surface area (Å²) in [5.74, 6) is -1.25. The molecule has 1 saturated heterocycles. The van der Waals surface area contributed by atoms with Gasteiger partial charge in [-0.2, -0.15) is 9.61 Å². The highest BCUT2D eigenvalue weighted by molar-refractivity contribution is 5.97. The predicted molar refractivity (Wildman–Crippen MR) is 124 cm³/mol. The molecule has 2 aromatic heterocycles. The van der Waals surface area contributed by atoms with E-state index in [1.807, 2.05) is 13.8 Å². The van der Waals surface area contributed by atoms with Crippen molar-refractivity contribution in [3.05, 3.63) is 33.8 Å². The standard InChI is InChI=1S/C23H31N5O6/c1-14(2)11-27-21-15(4-7-18(29)26-8-9-34-13-17(26)12-33-3)10-24-28(21)23(32)19(22(27)31)20(30)25-16-5-6-16/h4,7,10,14,16-17,32H,5-6,8-9,11-13H2,1-3H3,(H,25,30)/b7-4+/t17-/m1/s1. The van der Waals surface area contributed by atoms with Crippen molar-refractivity contribution in [3.63, 3.8) is 0 Å². The first-order valence-electron chi connectivity index (χ1n) is 11.5. The van der Waals surface area contributed by atoms with Crippen molar-refractivity contribution < 1.29 is 24.2 Å². The summed E-state index contributed by atoms with van der Waals surface area (Å²) in [6, 6.07) is -0.152. The van der Waals surface area contributed by atoms with Gasteiger partial charge in [-0.05, 0) is 24.8 Å². The lowest BCUT2D eigenvalue weighted by Gasteiger charge is -2.34. The number of hydrogen-bond donors (Lipinski definition) is 2. The van der Waals surface area contributed by atoms with Crippen LogP contribution in [0.3, 0.4) is 0 Å². The van der Waals surface area contributed by atoms with Gasteiger partial charge in [-0.15, -0.1) is 0 Å². The number of hydrogen-bond acceptors (Lipinski definition) is 7. The van der Waals surface area contributed by atoms with E-state index < -0.39 is 17.3 Å². The maximum Gasteiger partial charge on any atom is 0.270 e. The molecule has 11 heteroatoms. The molecule has 2 aromatic rings. The largest absolute Gasteiger partial charge is 0.492 e. The molecule has 4 rings (SSSR count). The normalized spacial score (nSPS) is 18.8. The van der Waals surface area contributed by atoms with Gasteiger partial charge in [-0.1, -0.05) is 13.8 Å². The Hall–Kier alpha value is -3.18. The summed E-state index contributed by atoms with van der Waals surface area (Å²) in [7, 11) is 1.58. The van der Waals surface area contributed by atoms with Crippen LogP contribution >= 0.6 is 0 Å². The van der Waals surface area contributed by atoms with E-state index in [0.29, 0.717) is 44.1 Å². The molecule has 184 valence electrons. The first-order valence-corrected chi connectivity index (χ1v) is 11.5. The summed E-state index contributed by atoms with van der Waals surface area (Å²) < 4.78 is 13.3. The number of amides is 2. The fourth-order valence-electron chi connectivity index (χ4n) is 4.08. The van der Waals surface area contributed by atoms with Gasteiger partial charge in [0.25, 0.3) is 11.5 Å². The minimum Gasteiger partial charge on any atom is -0.492 e. The SMILES string of the molecule is COC[C@@H]1COCCN1C(=O)/C=C/c1cnn2c(O)c(C(=O)NC3CC3)c(=O)n(CC(C)C)c12. The van der Waals surface area contributed by atoms with E-state index in [9.17, 15) is 19.5 Å². The number of ether oxygens (including phenoxy) is 2. The lowest BCUT2D eigenvalue weighted by molar-refractivity contribution is -0.136. The molecule has 1 saturated carbocycles. The third kappa shape index (κ3) is 4.85. The van der Waals surface area contributed by atoms with E-state index in [1.54, 1.807) is 18.1 Å². The Kier molecular flexibility index (Phi) is 7.03. The first-order chi connectivity index (χ1) is 16.3. The van der Waals surface area contributed by atoms with Crippen LogP contribution in [0.25, 0.3) is 11.7 Å². The zero-order valence-corrected chi connectivity index (χ0v) is 19.7. The average molecular weight is 474 g/mol. The van der Waals surface area contributed by atoms with Crippen LogP contribution in [0.2, 0.25) is 0 Å². The van der Waals surface area contributed by atoms with Gasteiger partial charge in [-0.3, -0.25) is 19.0 Å². The zero-order valence-electron chi connectivity index (χ0n) is 19.7. The summed E-state index contributed by atoms with van der Waals surface area (Å²) >= 11 is 0. The zero-order chi connectivity index (χ0) is 24.4. The molecular formula is C23H31N5O6. The summed E-state index contributed by atoms with van der Waals surface area (Å²) in [5, 5.41) is 17.7. The molecule has 1 aliphatic heterocycles. The van der Waals surface area contributed by atoms with Gasteiger partial charge in [0.15, 0.2) is 5.56 Å². The molecule has 1 aliphatic carbocycles. The van der Waals surface area contributed by atoms with Crippen LogP contribution < -0.4 is 10.9 Å². The molecule has 2 aliphatic rings. The van der Waals surface area contributed by atoms with Crippen LogP contribution in [0, 0.1) is 5.92 Å². The number of fused-ring (bicyclic) bond motifs is 1. The first kappa shape index (κ1) is 24.0. The summed E-state index contributed by atoms with van der Waals surface area (Å²) in [4.78, 5) is 40.6. The number of aromatic nitrogens is 3. The van der Waals surface area contributed by atoms with Gasteiger partial charge in [-0.25, -0.2) is 0 Å². The molecule has 3 heterocycles. The number of carbonyl (C=O) groups excluding carboxylic acids is 2. The number of morpholine rings is 1. The Bertz CT molecular complexity index is 1160. The number of rotatable bonds is 8. The summed E-state index contributed by atoms with van der Waals surface area (Å²) in [6.45, 7) is 5.87. The van der Waals surface area contributed by atoms with Crippen molar-refractivity contribution in [2.24, 2.45) is 5.92 Å². The molecule has 0 spiro atoms. The van der Waals surface area contributed by atoms with Gasteiger partial charge >= 0.3 is 0 Å². The van der Waals surface area contributed by atoms with Gasteiger partial charge < -0.3 is 24.8 Å². The lowest BCUT2D eigenvalue weighted by atomic mass is 10.2. The van der Waals surface area contributed by atoms with Crippen molar-refractivity contribution in [1.29, 1.82) is 0 Å². The lowest BCUT2D eigenvalue weighted by Crippen LogP contribution is -2.50. The Labute approximate surface area is 196 Å². The second-order valence-corrected chi connectivity index (χ2v) is 9.14. The van der Waals surface area contributed by atoms with Crippen LogP contribution in [0.5, 0.6) is 5.88 Å². The highest BCUT2D eigenvalue weighted by Crippen LogP contribution is 2.23. The van der Waals surface area contributed by atoms with E-state index in [1.165, 1.54) is 21.4 Å². The molecule has 1 atom stereocenters. The summed E-state index contributed by atoms with van der Waals surface area (Å²) in [5.41, 5.74) is -0.122. The molecule has 11 nitrogen and oxygen atoms in total. The Balaban J connectivity index is 1.71. The summed E-state index contributed by atoms with van der Waals surface area (Å²) in [6.07, 6.45) is 6.16. The van der Waals surface area contributed by atoms with Crippen molar-refractivity contribution in [1.82, 2.24) is 24.4 Å². The van der Waals surface area contributed by atoms with E-state index in [4.69, 9.17) is 9.47 Å². The van der Waals surface area contributed by atoms with Gasteiger partial charge in [0.1, 0.15) is 5.65 Å². The fourth-order valence-corrected chi connectivity index (χ4v) is 4.08. The highest BCUT2D eigenvalue weighted by Gasteiger charge is 2.30. The average Bonchev–Trinajstić information content (AvgIpc) is 3.51. The monoisotopic (exact) mass is 473 g/mol. The van der Waals surface area contributed by atoms with E-state index in [-0.39, 0.29) is 29.5 Å². The Morgan fingerprint density at radius 3 is 2.82 bits per heavy atom. The molecule has 0 unspecified atom stereocenters. The second kappa shape index (κ2) is 9.98. The van der Waals surface area contributed by atoms with Crippen LogP contribution in [-0.2, 0) is 20.8 Å². The van der Waals surface area contributed by atoms with Crippen molar-refractivity contribution in [3.8, 4) is 5.88 Å². The molecule has 2 amide bonds. The molecule has 2 fully saturated rings. The quantitative estimate of drug-likeness (QED) is 0.539. The predicted octanol–water partition coefficient (Wildman–Crippen LogP) is 0.637. The van der Waals surface area contributed by atoms with Gasteiger partial charge in [0, 0.05) is 37.9 Å². The molecule has 2 N–H and O–H groups in total. The smallest absolute Gasteiger partial charge is 0.270 e. The minimum absolute atomic E-state index is 0.0322. The van der Waals surface area contributed by atoms with Crippen LogP contribution in [0.1, 0.15) is 42.6 Å². The Morgan fingerprint density at radius 1 is 1.38 bits per heavy atom. The third-order valence-electron chi connectivity index (χ3n) is 5.87. The minimum atomic E-state index is -0.608. The van der Waals surface area contributed by atoms with E-state index >= 15 is 0 Å². The molecule has 34 heavy (non-hydrogen) atoms. The Morgan fingerprint density at radius 2 is 2.15 bits per heavy atom. The maximum atomic E-state index is 13.3. The van der Waals surface area contributed by atoms with Crippen LogP contribution in [0.4, 0.5) is 0 Å². The topological polar surface area (TPSA) is 127 Å². The molecule has 0 radical (unpaired) electrons. The van der Waals surface area contributed by atoms with Crippen molar-refractivity contribution in [2.75, 3.05) is 33.5 Å². The van der Waals surface area contributed by atoms with E-state index in [0.717, 1.165) is 12.8 Å². The molecule has 0 bridgehead atoms. The number of methoxy groups -OCH3 is 1. The molecule has 0 aromatic carbocycles. The van der Waals surface area contributed by atoms with Gasteiger partial charge in [0.2, 0.25) is 11.8 Å². The van der Waals surface area contributed by atoms with Crippen LogP contribution in [-0.4, -0.2) is 81.6 Å². The van der Waals surface area contributed by atoms with Crippen molar-refractivity contribution in [2.45, 2.75) is 45.3 Å². The fraction of sp³-hybridized carbons (Fsp3) is 0.565. The third-order valence-corrected chi connectivity index (χ3v) is 5.87. The second-order valence-electron chi connectivity index (χ2n) is 9.14. The number of nitrogens with one attached hydrogen (secondary N) is 1. The van der Waals surface area contributed by atoms with Crippen molar-refractivity contribution >= 4 is 23.5 Å². The number of carbonyl (C=O) groups is 2. The number of nitrogens with zero attached hydrogens (tertiary/aromatic N) is 4. The molecular weight excluding hydrogens is 442 g/mol. The van der Waals surface area contributed by atoms with Crippen LogP contribution in [0.15, 0.2) is 17.1 Å². The maximum absolute atomic E-state index is 13.3. The van der Waals surface area contributed by atoms with E-state index in [2.05, 4.69) is 10.4 Å². The van der Waals surface area contributed by atoms with Gasteiger partial charge in [0.05, 0.1) is 32.1 Å². The number of aromatic hydroxyl groups is 1. The highest BCUT2D eigenvalue weighted by atomic mass is 16.5.